The number of nitrogens with zero attached hydrogens (tertiary/aromatic N) is 1. The van der Waals surface area contributed by atoms with E-state index in [0.717, 1.165) is 11.1 Å². The van der Waals surface area contributed by atoms with Crippen molar-refractivity contribution in [1.29, 1.82) is 0 Å². The van der Waals surface area contributed by atoms with Crippen molar-refractivity contribution in [2.45, 2.75) is 13.3 Å². The summed E-state index contributed by atoms with van der Waals surface area (Å²) < 4.78 is 4.96. The summed E-state index contributed by atoms with van der Waals surface area (Å²) in [5.74, 6) is -0.819. The van der Waals surface area contributed by atoms with Gasteiger partial charge < -0.3 is 4.74 Å². The number of nitro benzene ring substituents is 1. The molecule has 1 aliphatic carbocycles. The van der Waals surface area contributed by atoms with Crippen LogP contribution in [0.2, 0.25) is 0 Å². The third-order valence-electron chi connectivity index (χ3n) is 3.59. The summed E-state index contributed by atoms with van der Waals surface area (Å²) in [7, 11) is 0. The molecule has 0 fully saturated rings. The summed E-state index contributed by atoms with van der Waals surface area (Å²) in [6, 6.07) is 6.41. The van der Waals surface area contributed by atoms with E-state index in [1.807, 2.05) is 36.5 Å². The van der Waals surface area contributed by atoms with Crippen molar-refractivity contribution in [3.05, 3.63) is 82.0 Å². The van der Waals surface area contributed by atoms with Crippen molar-refractivity contribution in [2.75, 3.05) is 6.61 Å². The standard InChI is InChI=1S/C20H19NO5/c1-15(22)12-20(23)26-11-5-9-17-7-2-3-8-18(17)13-16-6-4-10-19(14-16)21(24)25/h2-10,13-14,17H,11-12H2,1H3. The summed E-state index contributed by atoms with van der Waals surface area (Å²) in [6.45, 7) is 1.42. The van der Waals surface area contributed by atoms with Crippen molar-refractivity contribution < 1.29 is 19.2 Å². The minimum atomic E-state index is -0.548. The van der Waals surface area contributed by atoms with Gasteiger partial charge in [0.25, 0.3) is 5.69 Å². The Kier molecular flexibility index (Phi) is 6.79. The lowest BCUT2D eigenvalue weighted by Crippen LogP contribution is -2.09. The van der Waals surface area contributed by atoms with Gasteiger partial charge in [-0.25, -0.2) is 0 Å². The van der Waals surface area contributed by atoms with E-state index in [-0.39, 0.29) is 30.4 Å². The van der Waals surface area contributed by atoms with E-state index in [1.165, 1.54) is 19.1 Å². The maximum Gasteiger partial charge on any atom is 0.313 e. The second-order valence-electron chi connectivity index (χ2n) is 5.76. The molecule has 1 unspecified atom stereocenters. The van der Waals surface area contributed by atoms with Gasteiger partial charge in [0.05, 0.1) is 4.92 Å². The molecule has 0 saturated heterocycles. The number of nitro groups is 1. The Balaban J connectivity index is 2.05. The number of rotatable bonds is 7. The van der Waals surface area contributed by atoms with E-state index in [0.29, 0.717) is 0 Å². The van der Waals surface area contributed by atoms with Crippen LogP contribution in [0.5, 0.6) is 0 Å². The van der Waals surface area contributed by atoms with Gasteiger partial charge in [-0.05, 0) is 18.1 Å². The number of ketones is 1. The molecule has 6 heteroatoms. The van der Waals surface area contributed by atoms with Crippen LogP contribution in [0.25, 0.3) is 6.08 Å². The fourth-order valence-electron chi connectivity index (χ4n) is 2.41. The summed E-state index contributed by atoms with van der Waals surface area (Å²) in [5.41, 5.74) is 1.74. The Bertz CT molecular complexity index is 817. The summed E-state index contributed by atoms with van der Waals surface area (Å²) in [5, 5.41) is 10.9. The molecule has 1 aromatic carbocycles. The van der Waals surface area contributed by atoms with Gasteiger partial charge in [0.15, 0.2) is 0 Å². The highest BCUT2D eigenvalue weighted by molar-refractivity contribution is 5.94. The summed E-state index contributed by atoms with van der Waals surface area (Å²) in [6.07, 6.45) is 12.9. The first kappa shape index (κ1) is 19.1. The number of hydrogen-bond acceptors (Lipinski definition) is 5. The van der Waals surface area contributed by atoms with Crippen LogP contribution in [-0.2, 0) is 14.3 Å². The fourth-order valence-corrected chi connectivity index (χ4v) is 2.41. The molecule has 0 radical (unpaired) electrons. The number of Topliss-reactive ketones (excluding diaryl/α,β-unsaturated/α-hetero) is 1. The lowest BCUT2D eigenvalue weighted by molar-refractivity contribution is -0.384. The molecule has 0 aromatic heterocycles. The second kappa shape index (κ2) is 9.27. The van der Waals surface area contributed by atoms with Crippen LogP contribution in [0.4, 0.5) is 5.69 Å². The molecule has 0 bridgehead atoms. The van der Waals surface area contributed by atoms with Gasteiger partial charge in [0.2, 0.25) is 0 Å². The van der Waals surface area contributed by atoms with Crippen molar-refractivity contribution >= 4 is 23.5 Å². The van der Waals surface area contributed by atoms with Crippen LogP contribution >= 0.6 is 0 Å². The van der Waals surface area contributed by atoms with Crippen molar-refractivity contribution in [3.8, 4) is 0 Å². The van der Waals surface area contributed by atoms with Crippen LogP contribution in [0.1, 0.15) is 18.9 Å². The largest absolute Gasteiger partial charge is 0.461 e. The molecular weight excluding hydrogens is 334 g/mol. The number of ether oxygens (including phenoxy) is 1. The summed E-state index contributed by atoms with van der Waals surface area (Å²) >= 11 is 0. The highest BCUT2D eigenvalue weighted by Gasteiger charge is 2.10. The third kappa shape index (κ3) is 5.98. The second-order valence-corrected chi connectivity index (χ2v) is 5.76. The molecule has 134 valence electrons. The number of carbonyl (C=O) groups excluding carboxylic acids is 2. The van der Waals surface area contributed by atoms with Crippen molar-refractivity contribution in [2.24, 2.45) is 5.92 Å². The molecule has 1 aromatic rings. The smallest absolute Gasteiger partial charge is 0.313 e. The summed E-state index contributed by atoms with van der Waals surface area (Å²) in [4.78, 5) is 32.6. The van der Waals surface area contributed by atoms with Crippen LogP contribution in [0.3, 0.4) is 0 Å². The quantitative estimate of drug-likeness (QED) is 0.245. The molecule has 26 heavy (non-hydrogen) atoms. The Morgan fingerprint density at radius 2 is 2.12 bits per heavy atom. The number of allylic oxidation sites excluding steroid dienone is 6. The molecule has 0 heterocycles. The minimum Gasteiger partial charge on any atom is -0.461 e. The zero-order valence-corrected chi connectivity index (χ0v) is 14.3. The van der Waals surface area contributed by atoms with E-state index >= 15 is 0 Å². The highest BCUT2D eigenvalue weighted by atomic mass is 16.6. The predicted octanol–water partition coefficient (Wildman–Crippen LogP) is 3.80. The topological polar surface area (TPSA) is 86.5 Å². The molecule has 0 aliphatic heterocycles. The van der Waals surface area contributed by atoms with Crippen LogP contribution < -0.4 is 0 Å². The fraction of sp³-hybridized carbons (Fsp3) is 0.200. The van der Waals surface area contributed by atoms with Crippen molar-refractivity contribution in [3.63, 3.8) is 0 Å². The first-order valence-electron chi connectivity index (χ1n) is 8.08. The first-order chi connectivity index (χ1) is 12.5. The third-order valence-corrected chi connectivity index (χ3v) is 3.59. The first-order valence-corrected chi connectivity index (χ1v) is 8.08. The van der Waals surface area contributed by atoms with E-state index < -0.39 is 10.9 Å². The monoisotopic (exact) mass is 353 g/mol. The van der Waals surface area contributed by atoms with E-state index in [1.54, 1.807) is 18.2 Å². The van der Waals surface area contributed by atoms with E-state index in [2.05, 4.69) is 0 Å². The van der Waals surface area contributed by atoms with Gasteiger partial charge in [-0.15, -0.1) is 0 Å². The molecular formula is C20H19NO5. The van der Waals surface area contributed by atoms with Crippen LogP contribution in [0, 0.1) is 16.0 Å². The zero-order chi connectivity index (χ0) is 18.9. The van der Waals surface area contributed by atoms with Gasteiger partial charge >= 0.3 is 5.97 Å². The van der Waals surface area contributed by atoms with Gasteiger partial charge in [0.1, 0.15) is 18.8 Å². The lowest BCUT2D eigenvalue weighted by atomic mass is 9.92. The normalized spacial score (nSPS) is 17.6. The average Bonchev–Trinajstić information content (AvgIpc) is 2.59. The Morgan fingerprint density at radius 1 is 1.31 bits per heavy atom. The molecule has 0 spiro atoms. The maximum atomic E-state index is 11.3. The Hall–Kier alpha value is -3.28. The highest BCUT2D eigenvalue weighted by Crippen LogP contribution is 2.24. The number of hydrogen-bond donors (Lipinski definition) is 0. The Labute approximate surface area is 151 Å². The van der Waals surface area contributed by atoms with Crippen LogP contribution in [0.15, 0.2) is 66.3 Å². The number of carbonyl (C=O) groups is 2. The maximum absolute atomic E-state index is 11.3. The van der Waals surface area contributed by atoms with E-state index in [4.69, 9.17) is 4.74 Å². The molecule has 2 rings (SSSR count). The number of benzene rings is 1. The molecule has 0 amide bonds. The number of esters is 1. The predicted molar refractivity (Wildman–Crippen MR) is 98.2 cm³/mol. The molecule has 1 aliphatic rings. The molecule has 0 saturated carbocycles. The SMILES string of the molecule is CC(=O)CC(=O)OCC=CC1C=CC=CC1=Cc1cccc([N+](=O)[O-])c1. The average molecular weight is 353 g/mol. The van der Waals surface area contributed by atoms with Crippen molar-refractivity contribution in [1.82, 2.24) is 0 Å². The minimum absolute atomic E-state index is 0.0363. The lowest BCUT2D eigenvalue weighted by Gasteiger charge is -2.13. The molecule has 6 nitrogen and oxygen atoms in total. The van der Waals surface area contributed by atoms with Gasteiger partial charge in [-0.3, -0.25) is 19.7 Å². The van der Waals surface area contributed by atoms with Gasteiger partial charge in [0, 0.05) is 18.1 Å². The van der Waals surface area contributed by atoms with Gasteiger partial charge in [-0.2, -0.15) is 0 Å². The van der Waals surface area contributed by atoms with Gasteiger partial charge in [-0.1, -0.05) is 54.7 Å². The van der Waals surface area contributed by atoms with Crippen LogP contribution in [-0.4, -0.2) is 23.3 Å². The zero-order valence-electron chi connectivity index (χ0n) is 14.3. The molecule has 0 N–H and O–H groups in total. The number of non-ortho nitro benzene ring substituents is 1. The molecule has 1 atom stereocenters. The van der Waals surface area contributed by atoms with E-state index in [9.17, 15) is 19.7 Å². The Morgan fingerprint density at radius 3 is 2.85 bits per heavy atom.